The average molecular weight is 299 g/mol. The molecule has 21 heavy (non-hydrogen) atoms. The Morgan fingerprint density at radius 2 is 1.95 bits per heavy atom. The first-order chi connectivity index (χ1) is 10.0. The smallest absolute Gasteiger partial charge is 0.310 e. The van der Waals surface area contributed by atoms with Crippen LogP contribution in [0.15, 0.2) is 0 Å². The van der Waals surface area contributed by atoms with E-state index in [2.05, 4.69) is 10.6 Å². The number of amides is 2. The fourth-order valence-electron chi connectivity index (χ4n) is 2.35. The predicted molar refractivity (Wildman–Crippen MR) is 77.5 cm³/mol. The first-order valence-corrected chi connectivity index (χ1v) is 7.43. The maximum absolute atomic E-state index is 11.8. The number of nitrogens with one attached hydrogen (secondary N) is 2. The van der Waals surface area contributed by atoms with Gasteiger partial charge in [0.05, 0.1) is 19.1 Å². The van der Waals surface area contributed by atoms with Crippen molar-refractivity contribution >= 4 is 17.8 Å². The Balaban J connectivity index is 2.25. The lowest BCUT2D eigenvalue weighted by Crippen LogP contribution is -2.45. The molecule has 0 aromatic rings. The van der Waals surface area contributed by atoms with Crippen molar-refractivity contribution in [2.24, 2.45) is 5.92 Å². The highest BCUT2D eigenvalue weighted by atomic mass is 16.5. The van der Waals surface area contributed by atoms with Gasteiger partial charge in [-0.3, -0.25) is 19.3 Å². The standard InChI is InChI=1S/C14H25N3O4/c1-3-21-14(20)12-5-4-8-17(9-12)10-13(19)16-7-6-15-11(2)18/h12H,3-10H2,1-2H3,(H,15,18)(H,16,19)/t12-/m0/s1. The number of carbonyl (C=O) groups is 3. The third-order valence-electron chi connectivity index (χ3n) is 3.31. The summed E-state index contributed by atoms with van der Waals surface area (Å²) in [6.07, 6.45) is 1.71. The zero-order valence-electron chi connectivity index (χ0n) is 12.8. The summed E-state index contributed by atoms with van der Waals surface area (Å²) in [6.45, 7) is 6.11. The molecule has 0 aliphatic carbocycles. The number of ether oxygens (including phenoxy) is 1. The molecule has 1 aliphatic rings. The molecule has 0 aromatic carbocycles. The second-order valence-electron chi connectivity index (χ2n) is 5.16. The van der Waals surface area contributed by atoms with Gasteiger partial charge in [-0.2, -0.15) is 0 Å². The monoisotopic (exact) mass is 299 g/mol. The van der Waals surface area contributed by atoms with Crippen LogP contribution >= 0.6 is 0 Å². The topological polar surface area (TPSA) is 87.7 Å². The number of likely N-dealkylation sites (tertiary alicyclic amines) is 1. The molecule has 1 aliphatic heterocycles. The molecule has 120 valence electrons. The van der Waals surface area contributed by atoms with Gasteiger partial charge < -0.3 is 15.4 Å². The molecule has 1 rings (SSSR count). The molecule has 7 heteroatoms. The van der Waals surface area contributed by atoms with Gasteiger partial charge in [0.15, 0.2) is 0 Å². The Morgan fingerprint density at radius 1 is 1.24 bits per heavy atom. The fraction of sp³-hybridized carbons (Fsp3) is 0.786. The van der Waals surface area contributed by atoms with Crippen LogP contribution in [0, 0.1) is 5.92 Å². The number of hydrogen-bond donors (Lipinski definition) is 2. The number of piperidine rings is 1. The van der Waals surface area contributed by atoms with E-state index in [4.69, 9.17) is 4.74 Å². The first-order valence-electron chi connectivity index (χ1n) is 7.43. The lowest BCUT2D eigenvalue weighted by molar-refractivity contribution is -0.150. The zero-order chi connectivity index (χ0) is 15.7. The quantitative estimate of drug-likeness (QED) is 0.489. The molecule has 1 saturated heterocycles. The largest absolute Gasteiger partial charge is 0.466 e. The van der Waals surface area contributed by atoms with Gasteiger partial charge in [0.1, 0.15) is 0 Å². The van der Waals surface area contributed by atoms with Crippen LogP contribution in [0.1, 0.15) is 26.7 Å². The van der Waals surface area contributed by atoms with Crippen molar-refractivity contribution < 1.29 is 19.1 Å². The van der Waals surface area contributed by atoms with Crippen LogP contribution < -0.4 is 10.6 Å². The van der Waals surface area contributed by atoms with E-state index in [9.17, 15) is 14.4 Å². The van der Waals surface area contributed by atoms with Crippen LogP contribution in [0.2, 0.25) is 0 Å². The molecule has 0 bridgehead atoms. The highest BCUT2D eigenvalue weighted by molar-refractivity contribution is 5.78. The fourth-order valence-corrected chi connectivity index (χ4v) is 2.35. The van der Waals surface area contributed by atoms with Crippen LogP contribution in [0.4, 0.5) is 0 Å². The third kappa shape index (κ3) is 7.08. The Morgan fingerprint density at radius 3 is 2.62 bits per heavy atom. The lowest BCUT2D eigenvalue weighted by atomic mass is 9.98. The Labute approximate surface area is 125 Å². The van der Waals surface area contributed by atoms with Gasteiger partial charge in [-0.25, -0.2) is 0 Å². The summed E-state index contributed by atoms with van der Waals surface area (Å²) in [6, 6.07) is 0. The van der Waals surface area contributed by atoms with E-state index in [1.807, 2.05) is 4.90 Å². The zero-order valence-corrected chi connectivity index (χ0v) is 12.8. The van der Waals surface area contributed by atoms with E-state index in [1.165, 1.54) is 6.92 Å². The second kappa shape index (κ2) is 9.33. The number of rotatable bonds is 7. The molecule has 1 fully saturated rings. The maximum atomic E-state index is 11.8. The van der Waals surface area contributed by atoms with Crippen LogP contribution in [-0.4, -0.2) is 62.0 Å². The average Bonchev–Trinajstić information content (AvgIpc) is 2.44. The predicted octanol–water partition coefficient (Wildman–Crippen LogP) is -0.486. The summed E-state index contributed by atoms with van der Waals surface area (Å²) in [7, 11) is 0. The van der Waals surface area contributed by atoms with Crippen LogP contribution in [0.5, 0.6) is 0 Å². The molecule has 0 radical (unpaired) electrons. The number of hydrogen-bond acceptors (Lipinski definition) is 5. The lowest BCUT2D eigenvalue weighted by Gasteiger charge is -2.30. The summed E-state index contributed by atoms with van der Waals surface area (Å²) in [5, 5.41) is 5.36. The summed E-state index contributed by atoms with van der Waals surface area (Å²) in [4.78, 5) is 36.1. The highest BCUT2D eigenvalue weighted by Crippen LogP contribution is 2.17. The summed E-state index contributed by atoms with van der Waals surface area (Å²) >= 11 is 0. The summed E-state index contributed by atoms with van der Waals surface area (Å²) < 4.78 is 5.03. The van der Waals surface area contributed by atoms with Crippen molar-refractivity contribution in [3.8, 4) is 0 Å². The second-order valence-corrected chi connectivity index (χ2v) is 5.16. The number of nitrogens with zero attached hydrogens (tertiary/aromatic N) is 1. The van der Waals surface area contributed by atoms with Crippen LogP contribution in [0.25, 0.3) is 0 Å². The minimum Gasteiger partial charge on any atom is -0.466 e. The molecular weight excluding hydrogens is 274 g/mol. The van der Waals surface area contributed by atoms with Crippen LogP contribution in [-0.2, 0) is 19.1 Å². The van der Waals surface area contributed by atoms with Gasteiger partial charge in [0.25, 0.3) is 0 Å². The summed E-state index contributed by atoms with van der Waals surface area (Å²) in [5.41, 5.74) is 0. The molecule has 2 amide bonds. The van der Waals surface area contributed by atoms with Crippen molar-refractivity contribution in [3.05, 3.63) is 0 Å². The molecular formula is C14H25N3O4. The Hall–Kier alpha value is -1.63. The van der Waals surface area contributed by atoms with E-state index in [1.54, 1.807) is 6.92 Å². The van der Waals surface area contributed by atoms with Crippen molar-refractivity contribution in [1.29, 1.82) is 0 Å². The highest BCUT2D eigenvalue weighted by Gasteiger charge is 2.27. The van der Waals surface area contributed by atoms with E-state index in [0.717, 1.165) is 19.4 Å². The van der Waals surface area contributed by atoms with Gasteiger partial charge in [-0.1, -0.05) is 0 Å². The molecule has 1 atom stereocenters. The van der Waals surface area contributed by atoms with Gasteiger partial charge in [-0.05, 0) is 26.3 Å². The minimum absolute atomic E-state index is 0.0927. The molecule has 1 heterocycles. The SMILES string of the molecule is CCOC(=O)[C@H]1CCCN(CC(=O)NCCNC(C)=O)C1. The molecule has 2 N–H and O–H groups in total. The Kier molecular flexibility index (Phi) is 7.74. The summed E-state index contributed by atoms with van der Waals surface area (Å²) in [5.74, 6) is -0.512. The van der Waals surface area contributed by atoms with Crippen molar-refractivity contribution in [2.45, 2.75) is 26.7 Å². The van der Waals surface area contributed by atoms with E-state index in [-0.39, 0.29) is 30.2 Å². The minimum atomic E-state index is -0.173. The van der Waals surface area contributed by atoms with Gasteiger partial charge in [-0.15, -0.1) is 0 Å². The van der Waals surface area contributed by atoms with E-state index in [0.29, 0.717) is 26.2 Å². The normalized spacial score (nSPS) is 18.9. The molecule has 0 saturated carbocycles. The van der Waals surface area contributed by atoms with Gasteiger partial charge in [0.2, 0.25) is 11.8 Å². The third-order valence-corrected chi connectivity index (χ3v) is 3.31. The molecule has 0 aromatic heterocycles. The van der Waals surface area contributed by atoms with Crippen molar-refractivity contribution in [1.82, 2.24) is 15.5 Å². The maximum Gasteiger partial charge on any atom is 0.310 e. The number of esters is 1. The van der Waals surface area contributed by atoms with E-state index < -0.39 is 0 Å². The van der Waals surface area contributed by atoms with Gasteiger partial charge in [0, 0.05) is 26.6 Å². The van der Waals surface area contributed by atoms with E-state index >= 15 is 0 Å². The molecule has 7 nitrogen and oxygen atoms in total. The van der Waals surface area contributed by atoms with Crippen molar-refractivity contribution in [3.63, 3.8) is 0 Å². The van der Waals surface area contributed by atoms with Crippen LogP contribution in [0.3, 0.4) is 0 Å². The van der Waals surface area contributed by atoms with Crippen molar-refractivity contribution in [2.75, 3.05) is 39.3 Å². The molecule has 0 spiro atoms. The number of carbonyl (C=O) groups excluding carboxylic acids is 3. The Bertz CT molecular complexity index is 373. The first kappa shape index (κ1) is 17.4. The molecule has 0 unspecified atom stereocenters. The van der Waals surface area contributed by atoms with Gasteiger partial charge >= 0.3 is 5.97 Å².